The molecule has 0 aliphatic carbocycles. The van der Waals surface area contributed by atoms with Gasteiger partial charge in [0.15, 0.2) is 5.82 Å². The second-order valence-corrected chi connectivity index (χ2v) is 7.66. The number of nitrogens with zero attached hydrogens (tertiary/aromatic N) is 3. The Bertz CT molecular complexity index is 1030. The average Bonchev–Trinajstić information content (AvgIpc) is 2.79. The molecule has 0 unspecified atom stereocenters. The van der Waals surface area contributed by atoms with Crippen molar-refractivity contribution in [2.24, 2.45) is 0 Å². The van der Waals surface area contributed by atoms with Gasteiger partial charge in [0.25, 0.3) is 5.91 Å². The largest absolute Gasteiger partial charge is 0.356 e. The van der Waals surface area contributed by atoms with Crippen molar-refractivity contribution in [1.29, 1.82) is 0 Å². The number of hydrogen-bond donors (Lipinski definition) is 1. The van der Waals surface area contributed by atoms with Crippen LogP contribution in [0.4, 0.5) is 10.2 Å². The van der Waals surface area contributed by atoms with Crippen molar-refractivity contribution in [2.75, 3.05) is 18.0 Å². The van der Waals surface area contributed by atoms with Crippen LogP contribution in [0.15, 0.2) is 54.7 Å². The summed E-state index contributed by atoms with van der Waals surface area (Å²) in [6.07, 6.45) is 4.98. The van der Waals surface area contributed by atoms with Crippen molar-refractivity contribution < 1.29 is 9.18 Å². The summed E-state index contributed by atoms with van der Waals surface area (Å²) < 4.78 is 13.1. The predicted octanol–water partition coefficient (Wildman–Crippen LogP) is 4.51. The number of amides is 1. The normalized spacial score (nSPS) is 13.9. The molecule has 3 aromatic rings. The van der Waals surface area contributed by atoms with Crippen LogP contribution in [0.3, 0.4) is 0 Å². The number of carbonyl (C=O) groups excluding carboxylic acids is 1. The standard InChI is InChI=1S/C24H25FN4O/c1-17-6-5-7-19(14-17)22-26-16-21(23(28-22)29-12-3-2-4-13-29)24(30)27-15-18-8-10-20(25)11-9-18/h5-11,14,16H,2-4,12-13,15H2,1H3,(H,27,30). The number of hydrogen-bond acceptors (Lipinski definition) is 4. The van der Waals surface area contributed by atoms with Gasteiger partial charge in [-0.15, -0.1) is 0 Å². The molecule has 2 aromatic carbocycles. The second-order valence-electron chi connectivity index (χ2n) is 7.66. The van der Waals surface area contributed by atoms with Crippen LogP contribution in [-0.2, 0) is 6.54 Å². The number of anilines is 1. The SMILES string of the molecule is Cc1cccc(-c2ncc(C(=O)NCc3ccc(F)cc3)c(N3CCCCC3)n2)c1. The maximum atomic E-state index is 13.1. The van der Waals surface area contributed by atoms with E-state index in [2.05, 4.69) is 15.2 Å². The predicted molar refractivity (Wildman–Crippen MR) is 116 cm³/mol. The molecule has 0 atom stereocenters. The molecule has 0 bridgehead atoms. The number of piperidine rings is 1. The van der Waals surface area contributed by atoms with Gasteiger partial charge < -0.3 is 10.2 Å². The molecule has 1 amide bonds. The van der Waals surface area contributed by atoms with Crippen molar-refractivity contribution >= 4 is 11.7 Å². The molecule has 1 saturated heterocycles. The zero-order valence-corrected chi connectivity index (χ0v) is 17.1. The van der Waals surface area contributed by atoms with Crippen LogP contribution in [0.25, 0.3) is 11.4 Å². The van der Waals surface area contributed by atoms with Crippen LogP contribution in [0.5, 0.6) is 0 Å². The molecular weight excluding hydrogens is 379 g/mol. The molecule has 0 radical (unpaired) electrons. The lowest BCUT2D eigenvalue weighted by molar-refractivity contribution is 0.0950. The fraction of sp³-hybridized carbons (Fsp3) is 0.292. The minimum Gasteiger partial charge on any atom is -0.356 e. The average molecular weight is 404 g/mol. The fourth-order valence-corrected chi connectivity index (χ4v) is 3.68. The number of aromatic nitrogens is 2. The summed E-state index contributed by atoms with van der Waals surface area (Å²) in [4.78, 5) is 24.4. The van der Waals surface area contributed by atoms with Crippen molar-refractivity contribution in [1.82, 2.24) is 15.3 Å². The molecule has 0 spiro atoms. The lowest BCUT2D eigenvalue weighted by Gasteiger charge is -2.29. The van der Waals surface area contributed by atoms with Crippen LogP contribution in [0, 0.1) is 12.7 Å². The van der Waals surface area contributed by atoms with Crippen molar-refractivity contribution in [3.63, 3.8) is 0 Å². The van der Waals surface area contributed by atoms with E-state index in [-0.39, 0.29) is 11.7 Å². The Kier molecular flexibility index (Phi) is 6.02. The molecule has 1 aliphatic rings. The van der Waals surface area contributed by atoms with E-state index >= 15 is 0 Å². The lowest BCUT2D eigenvalue weighted by atomic mass is 10.1. The fourth-order valence-electron chi connectivity index (χ4n) is 3.68. The number of aryl methyl sites for hydroxylation is 1. The number of rotatable bonds is 5. The molecule has 2 heterocycles. The number of benzene rings is 2. The quantitative estimate of drug-likeness (QED) is 0.680. The van der Waals surface area contributed by atoms with E-state index in [1.807, 2.05) is 31.2 Å². The number of carbonyl (C=O) groups is 1. The molecule has 1 aliphatic heterocycles. The van der Waals surface area contributed by atoms with Gasteiger partial charge in [0, 0.05) is 31.4 Å². The Morgan fingerprint density at radius 1 is 1.10 bits per heavy atom. The Morgan fingerprint density at radius 3 is 2.60 bits per heavy atom. The van der Waals surface area contributed by atoms with Gasteiger partial charge in [-0.3, -0.25) is 4.79 Å². The second kappa shape index (κ2) is 9.03. The molecule has 1 fully saturated rings. The third kappa shape index (κ3) is 4.64. The molecule has 4 rings (SSSR count). The third-order valence-electron chi connectivity index (χ3n) is 5.31. The highest BCUT2D eigenvalue weighted by molar-refractivity contribution is 5.98. The molecule has 154 valence electrons. The Labute approximate surface area is 176 Å². The van der Waals surface area contributed by atoms with E-state index < -0.39 is 0 Å². The van der Waals surface area contributed by atoms with Gasteiger partial charge in [-0.25, -0.2) is 14.4 Å². The summed E-state index contributed by atoms with van der Waals surface area (Å²) in [6, 6.07) is 14.2. The smallest absolute Gasteiger partial charge is 0.256 e. The van der Waals surface area contributed by atoms with Crippen LogP contribution >= 0.6 is 0 Å². The first-order chi connectivity index (χ1) is 14.6. The molecular formula is C24H25FN4O. The van der Waals surface area contributed by atoms with Gasteiger partial charge in [0.1, 0.15) is 17.2 Å². The van der Waals surface area contributed by atoms with Gasteiger partial charge in [-0.2, -0.15) is 0 Å². The van der Waals surface area contributed by atoms with Crippen LogP contribution < -0.4 is 10.2 Å². The molecule has 1 aromatic heterocycles. The van der Waals surface area contributed by atoms with Crippen LogP contribution in [0.2, 0.25) is 0 Å². The highest BCUT2D eigenvalue weighted by Crippen LogP contribution is 2.25. The Hall–Kier alpha value is -3.28. The maximum absolute atomic E-state index is 13.1. The summed E-state index contributed by atoms with van der Waals surface area (Å²) in [5.41, 5.74) is 3.38. The zero-order valence-electron chi connectivity index (χ0n) is 17.1. The molecule has 1 N–H and O–H groups in total. The van der Waals surface area contributed by atoms with Crippen LogP contribution in [-0.4, -0.2) is 29.0 Å². The van der Waals surface area contributed by atoms with E-state index in [4.69, 9.17) is 4.98 Å². The first kappa shape index (κ1) is 20.0. The highest BCUT2D eigenvalue weighted by atomic mass is 19.1. The minimum atomic E-state index is -0.294. The first-order valence-electron chi connectivity index (χ1n) is 10.3. The van der Waals surface area contributed by atoms with E-state index in [9.17, 15) is 9.18 Å². The van der Waals surface area contributed by atoms with Gasteiger partial charge in [-0.1, -0.05) is 35.9 Å². The van der Waals surface area contributed by atoms with Gasteiger partial charge in [0.2, 0.25) is 0 Å². The summed E-state index contributed by atoms with van der Waals surface area (Å²) in [7, 11) is 0. The molecule has 30 heavy (non-hydrogen) atoms. The number of halogens is 1. The highest BCUT2D eigenvalue weighted by Gasteiger charge is 2.22. The Balaban J connectivity index is 1.61. The van der Waals surface area contributed by atoms with Crippen molar-refractivity contribution in [2.45, 2.75) is 32.7 Å². The monoisotopic (exact) mass is 404 g/mol. The van der Waals surface area contributed by atoms with E-state index in [1.165, 1.54) is 18.6 Å². The van der Waals surface area contributed by atoms with Crippen molar-refractivity contribution in [3.8, 4) is 11.4 Å². The molecule has 0 saturated carbocycles. The number of nitrogens with one attached hydrogen (secondary N) is 1. The maximum Gasteiger partial charge on any atom is 0.256 e. The van der Waals surface area contributed by atoms with Crippen molar-refractivity contribution in [3.05, 3.63) is 77.2 Å². The van der Waals surface area contributed by atoms with Gasteiger partial charge in [0.05, 0.1) is 0 Å². The molecule has 5 nitrogen and oxygen atoms in total. The summed E-state index contributed by atoms with van der Waals surface area (Å²) in [5, 5.41) is 2.91. The lowest BCUT2D eigenvalue weighted by Crippen LogP contribution is -2.33. The zero-order chi connectivity index (χ0) is 20.9. The summed E-state index contributed by atoms with van der Waals surface area (Å²) in [5.74, 6) is 0.778. The third-order valence-corrected chi connectivity index (χ3v) is 5.31. The van der Waals surface area contributed by atoms with Gasteiger partial charge in [-0.05, 0) is 49.9 Å². The van der Waals surface area contributed by atoms with E-state index in [0.717, 1.165) is 42.6 Å². The minimum absolute atomic E-state index is 0.226. The van der Waals surface area contributed by atoms with E-state index in [0.29, 0.717) is 23.8 Å². The van der Waals surface area contributed by atoms with Crippen LogP contribution in [0.1, 0.15) is 40.7 Å². The first-order valence-corrected chi connectivity index (χ1v) is 10.3. The van der Waals surface area contributed by atoms with E-state index in [1.54, 1.807) is 18.3 Å². The van der Waals surface area contributed by atoms with Gasteiger partial charge >= 0.3 is 0 Å². The summed E-state index contributed by atoms with van der Waals surface area (Å²) >= 11 is 0. The topological polar surface area (TPSA) is 58.1 Å². The summed E-state index contributed by atoms with van der Waals surface area (Å²) in [6.45, 7) is 4.11. The Morgan fingerprint density at radius 2 is 1.87 bits per heavy atom. The molecule has 6 heteroatoms.